The standard InChI is InChI=1S/C20H26N2O2/c1-15-3-4-20(16(2)11-15)24-10-9-22-13-18(19(23)14-22)12-17-5-7-21-8-6-17/h3-8,11,18-19,23H,9-10,12-14H2,1-2H3/t18-,19-/m1/s1. The number of likely N-dealkylation sites (tertiary alicyclic amines) is 1. The highest BCUT2D eigenvalue weighted by atomic mass is 16.5. The maximum atomic E-state index is 10.3. The molecular formula is C20H26N2O2. The van der Waals surface area contributed by atoms with Crippen LogP contribution in [0.4, 0.5) is 0 Å². The van der Waals surface area contributed by atoms with E-state index in [1.54, 1.807) is 0 Å². The van der Waals surface area contributed by atoms with E-state index in [-0.39, 0.29) is 12.0 Å². The van der Waals surface area contributed by atoms with Crippen molar-refractivity contribution >= 4 is 0 Å². The number of rotatable bonds is 6. The first-order valence-electron chi connectivity index (χ1n) is 8.61. The quantitative estimate of drug-likeness (QED) is 0.886. The molecule has 1 saturated heterocycles. The summed E-state index contributed by atoms with van der Waals surface area (Å²) in [6.07, 6.45) is 4.26. The number of aliphatic hydroxyl groups excluding tert-OH is 1. The Bertz CT molecular complexity index is 660. The van der Waals surface area contributed by atoms with E-state index in [0.717, 1.165) is 31.8 Å². The van der Waals surface area contributed by atoms with Crippen LogP contribution in [0.5, 0.6) is 5.75 Å². The van der Waals surface area contributed by atoms with Gasteiger partial charge in [-0.25, -0.2) is 0 Å². The smallest absolute Gasteiger partial charge is 0.122 e. The van der Waals surface area contributed by atoms with Crippen LogP contribution in [0.2, 0.25) is 0 Å². The molecule has 128 valence electrons. The number of nitrogens with zero attached hydrogens (tertiary/aromatic N) is 2. The first kappa shape index (κ1) is 16.9. The van der Waals surface area contributed by atoms with Gasteiger partial charge in [0, 0.05) is 37.9 Å². The lowest BCUT2D eigenvalue weighted by molar-refractivity contribution is 0.139. The highest BCUT2D eigenvalue weighted by molar-refractivity contribution is 5.35. The lowest BCUT2D eigenvalue weighted by Gasteiger charge is -2.17. The lowest BCUT2D eigenvalue weighted by Crippen LogP contribution is -2.27. The maximum absolute atomic E-state index is 10.3. The van der Waals surface area contributed by atoms with E-state index < -0.39 is 0 Å². The molecule has 24 heavy (non-hydrogen) atoms. The first-order valence-corrected chi connectivity index (χ1v) is 8.61. The highest BCUT2D eigenvalue weighted by Gasteiger charge is 2.30. The van der Waals surface area contributed by atoms with Gasteiger partial charge in [-0.3, -0.25) is 9.88 Å². The molecule has 3 rings (SSSR count). The van der Waals surface area contributed by atoms with Crippen molar-refractivity contribution in [1.29, 1.82) is 0 Å². The molecule has 0 radical (unpaired) electrons. The SMILES string of the molecule is Cc1ccc(OCCN2C[C@@H](Cc3ccncc3)[C@H](O)C2)c(C)c1. The van der Waals surface area contributed by atoms with Crippen LogP contribution in [0.1, 0.15) is 16.7 Å². The van der Waals surface area contributed by atoms with E-state index in [9.17, 15) is 5.11 Å². The third-order valence-corrected chi connectivity index (χ3v) is 4.72. The number of aromatic nitrogens is 1. The number of hydrogen-bond donors (Lipinski definition) is 1. The van der Waals surface area contributed by atoms with Crippen LogP contribution in [0.3, 0.4) is 0 Å². The summed E-state index contributed by atoms with van der Waals surface area (Å²) >= 11 is 0. The number of pyridine rings is 1. The second-order valence-electron chi connectivity index (χ2n) is 6.76. The van der Waals surface area contributed by atoms with Crippen molar-refractivity contribution in [1.82, 2.24) is 9.88 Å². The molecule has 0 spiro atoms. The van der Waals surface area contributed by atoms with Gasteiger partial charge in [0.2, 0.25) is 0 Å². The van der Waals surface area contributed by atoms with Crippen LogP contribution in [0, 0.1) is 19.8 Å². The molecule has 0 saturated carbocycles. The summed E-state index contributed by atoms with van der Waals surface area (Å²) in [4.78, 5) is 6.34. The number of benzene rings is 1. The number of aliphatic hydroxyl groups is 1. The van der Waals surface area contributed by atoms with Gasteiger partial charge in [-0.2, -0.15) is 0 Å². The topological polar surface area (TPSA) is 45.6 Å². The summed E-state index contributed by atoms with van der Waals surface area (Å²) in [7, 11) is 0. The molecule has 0 aliphatic carbocycles. The fourth-order valence-corrected chi connectivity index (χ4v) is 3.39. The Labute approximate surface area is 144 Å². The van der Waals surface area contributed by atoms with Crippen molar-refractivity contribution in [2.45, 2.75) is 26.4 Å². The van der Waals surface area contributed by atoms with E-state index in [2.05, 4.69) is 35.9 Å². The molecule has 2 aromatic rings. The van der Waals surface area contributed by atoms with Crippen LogP contribution >= 0.6 is 0 Å². The second kappa shape index (κ2) is 7.77. The molecule has 1 aromatic carbocycles. The highest BCUT2D eigenvalue weighted by Crippen LogP contribution is 2.22. The number of hydrogen-bond acceptors (Lipinski definition) is 4. The Morgan fingerprint density at radius 2 is 1.96 bits per heavy atom. The Morgan fingerprint density at radius 3 is 2.71 bits per heavy atom. The van der Waals surface area contributed by atoms with Crippen molar-refractivity contribution in [3.63, 3.8) is 0 Å². The van der Waals surface area contributed by atoms with Gasteiger partial charge in [0.15, 0.2) is 0 Å². The zero-order valence-electron chi connectivity index (χ0n) is 14.5. The van der Waals surface area contributed by atoms with Gasteiger partial charge in [-0.15, -0.1) is 0 Å². The largest absolute Gasteiger partial charge is 0.492 e. The van der Waals surface area contributed by atoms with Gasteiger partial charge in [-0.05, 0) is 49.6 Å². The molecule has 4 heteroatoms. The van der Waals surface area contributed by atoms with Gasteiger partial charge in [0.05, 0.1) is 6.10 Å². The van der Waals surface area contributed by atoms with Gasteiger partial charge in [0.25, 0.3) is 0 Å². The minimum Gasteiger partial charge on any atom is -0.492 e. The Kier molecular flexibility index (Phi) is 5.48. The summed E-state index contributed by atoms with van der Waals surface area (Å²) in [5.74, 6) is 1.24. The summed E-state index contributed by atoms with van der Waals surface area (Å²) in [6.45, 7) is 7.31. The monoisotopic (exact) mass is 326 g/mol. The second-order valence-corrected chi connectivity index (χ2v) is 6.76. The normalized spacial score (nSPS) is 21.1. The van der Waals surface area contributed by atoms with Crippen molar-refractivity contribution in [3.05, 3.63) is 59.4 Å². The van der Waals surface area contributed by atoms with Crippen LogP contribution < -0.4 is 4.74 Å². The predicted octanol–water partition coefficient (Wildman–Crippen LogP) is 2.61. The number of aryl methyl sites for hydroxylation is 2. The van der Waals surface area contributed by atoms with Gasteiger partial charge < -0.3 is 9.84 Å². The molecule has 1 aliphatic heterocycles. The van der Waals surface area contributed by atoms with Gasteiger partial charge in [-0.1, -0.05) is 17.7 Å². The van der Waals surface area contributed by atoms with Crippen LogP contribution in [-0.2, 0) is 6.42 Å². The zero-order valence-corrected chi connectivity index (χ0v) is 14.5. The van der Waals surface area contributed by atoms with Crippen LogP contribution in [0.15, 0.2) is 42.7 Å². The molecule has 0 bridgehead atoms. The van der Waals surface area contributed by atoms with Gasteiger partial charge >= 0.3 is 0 Å². The zero-order chi connectivity index (χ0) is 16.9. The molecule has 1 N–H and O–H groups in total. The third kappa shape index (κ3) is 4.34. The molecule has 0 amide bonds. The van der Waals surface area contributed by atoms with E-state index in [1.165, 1.54) is 16.7 Å². The van der Waals surface area contributed by atoms with Crippen molar-refractivity contribution in [2.24, 2.45) is 5.92 Å². The van der Waals surface area contributed by atoms with E-state index in [4.69, 9.17) is 4.74 Å². The van der Waals surface area contributed by atoms with E-state index in [0.29, 0.717) is 6.61 Å². The molecule has 1 aliphatic rings. The molecule has 2 heterocycles. The minimum atomic E-state index is -0.265. The summed E-state index contributed by atoms with van der Waals surface area (Å²) < 4.78 is 5.91. The van der Waals surface area contributed by atoms with Crippen molar-refractivity contribution in [2.75, 3.05) is 26.2 Å². The molecular weight excluding hydrogens is 300 g/mol. The Hall–Kier alpha value is -1.91. The molecule has 1 aromatic heterocycles. The Morgan fingerprint density at radius 1 is 1.17 bits per heavy atom. The fourth-order valence-electron chi connectivity index (χ4n) is 3.39. The molecule has 2 atom stereocenters. The summed E-state index contributed by atoms with van der Waals surface area (Å²) in [6, 6.07) is 10.3. The van der Waals surface area contributed by atoms with Crippen LogP contribution in [-0.4, -0.2) is 47.3 Å². The average Bonchev–Trinajstić information content (AvgIpc) is 2.90. The van der Waals surface area contributed by atoms with Gasteiger partial charge in [0.1, 0.15) is 12.4 Å². The minimum absolute atomic E-state index is 0.265. The fraction of sp³-hybridized carbons (Fsp3) is 0.450. The summed E-state index contributed by atoms with van der Waals surface area (Å²) in [5, 5.41) is 10.3. The Balaban J connectivity index is 1.47. The molecule has 4 nitrogen and oxygen atoms in total. The predicted molar refractivity (Wildman–Crippen MR) is 95.3 cm³/mol. The first-order chi connectivity index (χ1) is 11.6. The van der Waals surface area contributed by atoms with Crippen molar-refractivity contribution < 1.29 is 9.84 Å². The lowest BCUT2D eigenvalue weighted by atomic mass is 9.97. The molecule has 1 fully saturated rings. The van der Waals surface area contributed by atoms with E-state index in [1.807, 2.05) is 30.6 Å². The maximum Gasteiger partial charge on any atom is 0.122 e. The van der Waals surface area contributed by atoms with Crippen LogP contribution in [0.25, 0.3) is 0 Å². The number of ether oxygens (including phenoxy) is 1. The van der Waals surface area contributed by atoms with Crippen molar-refractivity contribution in [3.8, 4) is 5.75 Å². The molecule has 0 unspecified atom stereocenters. The average molecular weight is 326 g/mol. The summed E-state index contributed by atoms with van der Waals surface area (Å²) in [5.41, 5.74) is 3.66. The third-order valence-electron chi connectivity index (χ3n) is 4.72. The van der Waals surface area contributed by atoms with E-state index >= 15 is 0 Å². The number of β-amino-alcohol motifs (C(OH)–C–C–N with tert-alkyl or cyclic N) is 1.